The molecule has 0 bridgehead atoms. The van der Waals surface area contributed by atoms with Gasteiger partial charge >= 0.3 is 12.0 Å². The largest absolute Gasteiger partial charge is 0.481 e. The van der Waals surface area contributed by atoms with Gasteiger partial charge in [-0.2, -0.15) is 0 Å². The molecule has 0 aromatic carbocycles. The highest BCUT2D eigenvalue weighted by Crippen LogP contribution is 2.24. The maximum atomic E-state index is 11.9. The summed E-state index contributed by atoms with van der Waals surface area (Å²) in [7, 11) is 1.68. The number of nitrogens with zero attached hydrogens (tertiary/aromatic N) is 1. The molecule has 2 fully saturated rings. The Hall–Kier alpha value is -1.30. The molecule has 2 rings (SSSR count). The Labute approximate surface area is 106 Å². The summed E-state index contributed by atoms with van der Waals surface area (Å²) >= 11 is 0. The van der Waals surface area contributed by atoms with Crippen molar-refractivity contribution in [1.29, 1.82) is 0 Å². The van der Waals surface area contributed by atoms with Gasteiger partial charge in [-0.3, -0.25) is 4.79 Å². The SMILES string of the molecule is COC1CC(NC(=O)N2CCC(CC(=O)O)C2)C1. The second-order valence-corrected chi connectivity index (χ2v) is 5.17. The number of nitrogens with one attached hydrogen (secondary N) is 1. The van der Waals surface area contributed by atoms with E-state index < -0.39 is 5.97 Å². The van der Waals surface area contributed by atoms with E-state index in [1.165, 1.54) is 0 Å². The van der Waals surface area contributed by atoms with Crippen molar-refractivity contribution >= 4 is 12.0 Å². The number of urea groups is 1. The summed E-state index contributed by atoms with van der Waals surface area (Å²) in [6.07, 6.45) is 2.95. The molecule has 1 aliphatic carbocycles. The fraction of sp³-hybridized carbons (Fsp3) is 0.833. The van der Waals surface area contributed by atoms with Crippen LogP contribution in [0.5, 0.6) is 0 Å². The van der Waals surface area contributed by atoms with E-state index in [1.807, 2.05) is 0 Å². The summed E-state index contributed by atoms with van der Waals surface area (Å²) in [6.45, 7) is 1.21. The van der Waals surface area contributed by atoms with Crippen LogP contribution in [0.4, 0.5) is 4.79 Å². The molecular formula is C12H20N2O4. The summed E-state index contributed by atoms with van der Waals surface area (Å²) in [6, 6.07) is 0.142. The van der Waals surface area contributed by atoms with Gasteiger partial charge in [0.15, 0.2) is 0 Å². The average molecular weight is 256 g/mol. The summed E-state index contributed by atoms with van der Waals surface area (Å²) < 4.78 is 5.15. The predicted octanol–water partition coefficient (Wildman–Crippen LogP) is 0.670. The Morgan fingerprint density at radius 1 is 1.44 bits per heavy atom. The van der Waals surface area contributed by atoms with E-state index in [9.17, 15) is 9.59 Å². The number of carbonyl (C=O) groups excluding carboxylic acids is 1. The second kappa shape index (κ2) is 5.56. The average Bonchev–Trinajstić information content (AvgIpc) is 2.69. The maximum absolute atomic E-state index is 11.9. The standard InChI is InChI=1S/C12H20N2O4/c1-18-10-5-9(6-10)13-12(17)14-3-2-8(7-14)4-11(15)16/h8-10H,2-7H2,1H3,(H,13,17)(H,15,16). The molecule has 1 saturated carbocycles. The predicted molar refractivity (Wildman–Crippen MR) is 64.3 cm³/mol. The maximum Gasteiger partial charge on any atom is 0.317 e. The summed E-state index contributed by atoms with van der Waals surface area (Å²) in [5.74, 6) is -0.689. The number of ether oxygens (including phenoxy) is 1. The number of hydrogen-bond acceptors (Lipinski definition) is 3. The van der Waals surface area contributed by atoms with Gasteiger partial charge in [0.25, 0.3) is 0 Å². The molecule has 2 aliphatic rings. The first kappa shape index (κ1) is 13.1. The lowest BCUT2D eigenvalue weighted by Gasteiger charge is -2.35. The number of aliphatic carboxylic acids is 1. The van der Waals surface area contributed by atoms with Crippen molar-refractivity contribution in [2.75, 3.05) is 20.2 Å². The van der Waals surface area contributed by atoms with E-state index in [0.29, 0.717) is 13.1 Å². The van der Waals surface area contributed by atoms with E-state index in [1.54, 1.807) is 12.0 Å². The first-order chi connectivity index (χ1) is 8.58. The third-order valence-corrected chi connectivity index (χ3v) is 3.79. The molecule has 1 unspecified atom stereocenters. The van der Waals surface area contributed by atoms with Gasteiger partial charge in [0.2, 0.25) is 0 Å². The Bertz CT molecular complexity index is 328. The Morgan fingerprint density at radius 2 is 2.17 bits per heavy atom. The van der Waals surface area contributed by atoms with Gasteiger partial charge in [0.05, 0.1) is 6.10 Å². The lowest BCUT2D eigenvalue weighted by molar-refractivity contribution is -0.138. The zero-order valence-corrected chi connectivity index (χ0v) is 10.6. The fourth-order valence-corrected chi connectivity index (χ4v) is 2.57. The topological polar surface area (TPSA) is 78.9 Å². The molecule has 18 heavy (non-hydrogen) atoms. The molecule has 2 N–H and O–H groups in total. The molecule has 0 aromatic heterocycles. The van der Waals surface area contributed by atoms with E-state index in [2.05, 4.69) is 5.32 Å². The van der Waals surface area contributed by atoms with Crippen LogP contribution in [0.25, 0.3) is 0 Å². The van der Waals surface area contributed by atoms with Gasteiger partial charge in [-0.05, 0) is 25.2 Å². The van der Waals surface area contributed by atoms with Crippen molar-refractivity contribution in [3.8, 4) is 0 Å². The molecule has 1 aliphatic heterocycles. The van der Waals surface area contributed by atoms with Crippen LogP contribution < -0.4 is 5.32 Å². The van der Waals surface area contributed by atoms with Gasteiger partial charge in [-0.1, -0.05) is 0 Å². The number of amides is 2. The highest BCUT2D eigenvalue weighted by atomic mass is 16.5. The van der Waals surface area contributed by atoms with Crippen LogP contribution in [0.15, 0.2) is 0 Å². The zero-order chi connectivity index (χ0) is 13.1. The van der Waals surface area contributed by atoms with Crippen molar-refractivity contribution in [3.63, 3.8) is 0 Å². The molecule has 1 saturated heterocycles. The van der Waals surface area contributed by atoms with E-state index in [4.69, 9.17) is 9.84 Å². The van der Waals surface area contributed by atoms with Gasteiger partial charge in [-0.15, -0.1) is 0 Å². The molecule has 102 valence electrons. The Kier molecular flexibility index (Phi) is 4.06. The molecular weight excluding hydrogens is 236 g/mol. The first-order valence-electron chi connectivity index (χ1n) is 6.38. The summed E-state index contributed by atoms with van der Waals surface area (Å²) in [5, 5.41) is 11.7. The first-order valence-corrected chi connectivity index (χ1v) is 6.38. The monoisotopic (exact) mass is 256 g/mol. The number of methoxy groups -OCH3 is 1. The Balaban J connectivity index is 1.69. The van der Waals surface area contributed by atoms with Crippen LogP contribution in [-0.2, 0) is 9.53 Å². The highest BCUT2D eigenvalue weighted by molar-refractivity contribution is 5.75. The molecule has 1 atom stereocenters. The molecule has 2 amide bonds. The van der Waals surface area contributed by atoms with Gasteiger partial charge in [0, 0.05) is 32.7 Å². The van der Waals surface area contributed by atoms with Crippen LogP contribution in [0.3, 0.4) is 0 Å². The Morgan fingerprint density at radius 3 is 2.78 bits per heavy atom. The lowest BCUT2D eigenvalue weighted by Crippen LogP contribution is -2.51. The van der Waals surface area contributed by atoms with E-state index >= 15 is 0 Å². The van der Waals surface area contributed by atoms with Crippen LogP contribution in [0, 0.1) is 5.92 Å². The molecule has 1 heterocycles. The van der Waals surface area contributed by atoms with Crippen LogP contribution in [0.1, 0.15) is 25.7 Å². The summed E-state index contributed by atoms with van der Waals surface area (Å²) in [5.41, 5.74) is 0. The minimum Gasteiger partial charge on any atom is -0.481 e. The number of carboxylic acid groups (broad SMARTS) is 1. The number of rotatable bonds is 4. The minimum atomic E-state index is -0.788. The van der Waals surface area contributed by atoms with Crippen LogP contribution in [-0.4, -0.2) is 54.4 Å². The van der Waals surface area contributed by atoms with Crippen molar-refractivity contribution < 1.29 is 19.4 Å². The normalized spacial score (nSPS) is 30.9. The number of likely N-dealkylation sites (tertiary alicyclic amines) is 1. The van der Waals surface area contributed by atoms with Crippen LogP contribution >= 0.6 is 0 Å². The lowest BCUT2D eigenvalue weighted by atomic mass is 9.89. The molecule has 0 spiro atoms. The van der Waals surface area contributed by atoms with Crippen LogP contribution in [0.2, 0.25) is 0 Å². The third-order valence-electron chi connectivity index (χ3n) is 3.79. The highest BCUT2D eigenvalue weighted by Gasteiger charge is 2.33. The van der Waals surface area contributed by atoms with Gasteiger partial charge in [0.1, 0.15) is 0 Å². The molecule has 0 radical (unpaired) electrons. The molecule has 6 heteroatoms. The van der Waals surface area contributed by atoms with E-state index in [-0.39, 0.29) is 30.5 Å². The van der Waals surface area contributed by atoms with Crippen molar-refractivity contribution in [1.82, 2.24) is 10.2 Å². The van der Waals surface area contributed by atoms with Gasteiger partial charge in [-0.25, -0.2) is 4.79 Å². The number of hydrogen-bond donors (Lipinski definition) is 2. The molecule has 6 nitrogen and oxygen atoms in total. The summed E-state index contributed by atoms with van der Waals surface area (Å²) in [4.78, 5) is 24.2. The van der Waals surface area contributed by atoms with Crippen molar-refractivity contribution in [3.05, 3.63) is 0 Å². The van der Waals surface area contributed by atoms with Gasteiger partial charge < -0.3 is 20.1 Å². The molecule has 0 aromatic rings. The quantitative estimate of drug-likeness (QED) is 0.775. The fourth-order valence-electron chi connectivity index (χ4n) is 2.57. The van der Waals surface area contributed by atoms with Crippen molar-refractivity contribution in [2.45, 2.75) is 37.8 Å². The zero-order valence-electron chi connectivity index (χ0n) is 10.6. The van der Waals surface area contributed by atoms with E-state index in [0.717, 1.165) is 19.3 Å². The minimum absolute atomic E-state index is 0.0672. The van der Waals surface area contributed by atoms with Crippen molar-refractivity contribution in [2.24, 2.45) is 5.92 Å². The number of carbonyl (C=O) groups is 2. The smallest absolute Gasteiger partial charge is 0.317 e. The number of carboxylic acids is 1. The second-order valence-electron chi connectivity index (χ2n) is 5.17. The third kappa shape index (κ3) is 3.13.